The van der Waals surface area contributed by atoms with Crippen molar-refractivity contribution < 1.29 is 0 Å². The van der Waals surface area contributed by atoms with Crippen molar-refractivity contribution in [2.45, 2.75) is 40.5 Å². The molecule has 0 bridgehead atoms. The average Bonchev–Trinajstić information content (AvgIpc) is 1.88. The lowest BCUT2D eigenvalue weighted by atomic mass is 9.95. The predicted octanol–water partition coefficient (Wildman–Crippen LogP) is 3.63. The molecule has 0 nitrogen and oxygen atoms in total. The van der Waals surface area contributed by atoms with Crippen molar-refractivity contribution in [3.63, 3.8) is 0 Å². The van der Waals surface area contributed by atoms with E-state index < -0.39 is 0 Å². The molecule has 60 valence electrons. The molecule has 10 heavy (non-hydrogen) atoms. The molecule has 0 aromatic carbocycles. The van der Waals surface area contributed by atoms with Gasteiger partial charge in [0.1, 0.15) is 0 Å². The highest BCUT2D eigenvalue weighted by Gasteiger charge is 2.02. The second kappa shape index (κ2) is 5.52. The van der Waals surface area contributed by atoms with Gasteiger partial charge in [-0.1, -0.05) is 39.3 Å². The number of rotatable bonds is 4. The van der Waals surface area contributed by atoms with Gasteiger partial charge in [-0.25, -0.2) is 0 Å². The summed E-state index contributed by atoms with van der Waals surface area (Å²) in [7, 11) is 0. The molecule has 0 aromatic rings. The lowest BCUT2D eigenvalue weighted by Crippen LogP contribution is -1.98. The topological polar surface area (TPSA) is 0 Å². The van der Waals surface area contributed by atoms with Gasteiger partial charge in [-0.15, -0.1) is 0 Å². The molecule has 0 N–H and O–H groups in total. The van der Waals surface area contributed by atoms with Crippen LogP contribution in [-0.4, -0.2) is 0 Å². The molecule has 0 saturated heterocycles. The van der Waals surface area contributed by atoms with E-state index in [4.69, 9.17) is 0 Å². The van der Waals surface area contributed by atoms with Crippen LogP contribution >= 0.6 is 0 Å². The normalized spacial score (nSPS) is 17.6. The summed E-state index contributed by atoms with van der Waals surface area (Å²) in [5.74, 6) is 1.64. The molecule has 0 radical (unpaired) electrons. The zero-order valence-corrected chi connectivity index (χ0v) is 7.72. The Morgan fingerprint density at radius 1 is 1.30 bits per heavy atom. The highest BCUT2D eigenvalue weighted by molar-refractivity contribution is 4.83. The zero-order valence-electron chi connectivity index (χ0n) is 7.72. The van der Waals surface area contributed by atoms with Crippen LogP contribution in [0.15, 0.2) is 12.2 Å². The molecular weight excluding hydrogens is 120 g/mol. The van der Waals surface area contributed by atoms with E-state index in [-0.39, 0.29) is 0 Å². The third-order valence-electron chi connectivity index (χ3n) is 1.99. The minimum atomic E-state index is 0.764. The molecule has 0 aliphatic rings. The van der Waals surface area contributed by atoms with E-state index in [2.05, 4.69) is 39.8 Å². The van der Waals surface area contributed by atoms with Crippen LogP contribution in [0, 0.1) is 11.8 Å². The summed E-state index contributed by atoms with van der Waals surface area (Å²) in [5.41, 5.74) is 0. The maximum Gasteiger partial charge on any atom is -0.0260 e. The van der Waals surface area contributed by atoms with Crippen molar-refractivity contribution in [2.24, 2.45) is 11.8 Å². The summed E-state index contributed by atoms with van der Waals surface area (Å²) in [6.45, 7) is 8.95. The Balaban J connectivity index is 3.46. The van der Waals surface area contributed by atoms with Crippen LogP contribution in [0.4, 0.5) is 0 Å². The van der Waals surface area contributed by atoms with Crippen molar-refractivity contribution in [3.05, 3.63) is 12.2 Å². The standard InChI is InChI=1S/C10H20/c1-5-7-10(4)8-9(3)6-2/h5,7,9-10H,6,8H2,1-4H3/b7-5+. The second-order valence-electron chi connectivity index (χ2n) is 3.25. The van der Waals surface area contributed by atoms with Gasteiger partial charge >= 0.3 is 0 Å². The molecule has 0 spiro atoms. The number of hydrogen-bond donors (Lipinski definition) is 0. The maximum atomic E-state index is 2.32. The summed E-state index contributed by atoms with van der Waals surface area (Å²) in [4.78, 5) is 0. The summed E-state index contributed by atoms with van der Waals surface area (Å²) in [6, 6.07) is 0. The molecule has 0 rings (SSSR count). The van der Waals surface area contributed by atoms with Crippen molar-refractivity contribution in [1.29, 1.82) is 0 Å². The van der Waals surface area contributed by atoms with E-state index in [1.54, 1.807) is 0 Å². The molecule has 2 unspecified atom stereocenters. The van der Waals surface area contributed by atoms with Crippen molar-refractivity contribution in [3.8, 4) is 0 Å². The third kappa shape index (κ3) is 4.60. The van der Waals surface area contributed by atoms with Crippen molar-refractivity contribution >= 4 is 0 Å². The minimum Gasteiger partial charge on any atom is -0.0914 e. The first-order valence-corrected chi connectivity index (χ1v) is 4.33. The van der Waals surface area contributed by atoms with E-state index in [1.807, 2.05) is 0 Å². The predicted molar refractivity (Wildman–Crippen MR) is 48.1 cm³/mol. The monoisotopic (exact) mass is 140 g/mol. The average molecular weight is 140 g/mol. The van der Waals surface area contributed by atoms with Crippen LogP contribution in [0.3, 0.4) is 0 Å². The maximum absolute atomic E-state index is 2.32. The van der Waals surface area contributed by atoms with Crippen LogP contribution in [0.5, 0.6) is 0 Å². The van der Waals surface area contributed by atoms with Gasteiger partial charge in [0.2, 0.25) is 0 Å². The van der Waals surface area contributed by atoms with E-state index in [0.717, 1.165) is 11.8 Å². The van der Waals surface area contributed by atoms with Crippen LogP contribution in [0.2, 0.25) is 0 Å². The summed E-state index contributed by atoms with van der Waals surface area (Å²) in [5, 5.41) is 0. The fourth-order valence-electron chi connectivity index (χ4n) is 1.21. The van der Waals surface area contributed by atoms with Gasteiger partial charge < -0.3 is 0 Å². The first-order valence-electron chi connectivity index (χ1n) is 4.33. The highest BCUT2D eigenvalue weighted by Crippen LogP contribution is 2.15. The molecule has 0 fully saturated rings. The smallest absolute Gasteiger partial charge is 0.0260 e. The van der Waals surface area contributed by atoms with Gasteiger partial charge in [0.25, 0.3) is 0 Å². The van der Waals surface area contributed by atoms with Crippen LogP contribution in [0.1, 0.15) is 40.5 Å². The minimum absolute atomic E-state index is 0.764. The van der Waals surface area contributed by atoms with E-state index in [1.165, 1.54) is 12.8 Å². The first kappa shape index (κ1) is 9.74. The van der Waals surface area contributed by atoms with Gasteiger partial charge in [0.15, 0.2) is 0 Å². The summed E-state index contributed by atoms with van der Waals surface area (Å²) < 4.78 is 0. The number of hydrogen-bond acceptors (Lipinski definition) is 0. The summed E-state index contributed by atoms with van der Waals surface area (Å²) in [6.07, 6.45) is 7.07. The van der Waals surface area contributed by atoms with Crippen LogP contribution < -0.4 is 0 Å². The molecular formula is C10H20. The van der Waals surface area contributed by atoms with Gasteiger partial charge in [0, 0.05) is 0 Å². The lowest BCUT2D eigenvalue weighted by molar-refractivity contribution is 0.454. The summed E-state index contributed by atoms with van der Waals surface area (Å²) >= 11 is 0. The molecule has 0 heterocycles. The second-order valence-corrected chi connectivity index (χ2v) is 3.25. The Morgan fingerprint density at radius 2 is 1.90 bits per heavy atom. The van der Waals surface area contributed by atoms with Gasteiger partial charge in [-0.3, -0.25) is 0 Å². The van der Waals surface area contributed by atoms with E-state index in [9.17, 15) is 0 Å². The molecule has 0 saturated carbocycles. The Kier molecular flexibility index (Phi) is 5.38. The third-order valence-corrected chi connectivity index (χ3v) is 1.99. The highest BCUT2D eigenvalue weighted by atomic mass is 14.1. The van der Waals surface area contributed by atoms with E-state index >= 15 is 0 Å². The largest absolute Gasteiger partial charge is 0.0914 e. The zero-order chi connectivity index (χ0) is 7.98. The van der Waals surface area contributed by atoms with Crippen molar-refractivity contribution in [2.75, 3.05) is 0 Å². The Labute approximate surface area is 65.3 Å². The Hall–Kier alpha value is -0.260. The molecule has 0 aromatic heterocycles. The molecule has 0 amide bonds. The van der Waals surface area contributed by atoms with Crippen LogP contribution in [0.25, 0.3) is 0 Å². The molecule has 0 heteroatoms. The molecule has 0 aliphatic heterocycles. The molecule has 2 atom stereocenters. The van der Waals surface area contributed by atoms with Gasteiger partial charge in [-0.2, -0.15) is 0 Å². The Bertz CT molecular complexity index is 92.2. The van der Waals surface area contributed by atoms with Crippen LogP contribution in [-0.2, 0) is 0 Å². The fraction of sp³-hybridized carbons (Fsp3) is 0.800. The van der Waals surface area contributed by atoms with E-state index in [0.29, 0.717) is 0 Å². The quantitative estimate of drug-likeness (QED) is 0.523. The number of allylic oxidation sites excluding steroid dienone is 2. The first-order chi connectivity index (χ1) is 4.70. The Morgan fingerprint density at radius 3 is 2.30 bits per heavy atom. The fourth-order valence-corrected chi connectivity index (χ4v) is 1.21. The van der Waals surface area contributed by atoms with Gasteiger partial charge in [0.05, 0.1) is 0 Å². The molecule has 0 aliphatic carbocycles. The van der Waals surface area contributed by atoms with Gasteiger partial charge in [-0.05, 0) is 25.2 Å². The SMILES string of the molecule is C/C=C/C(C)CC(C)CC. The van der Waals surface area contributed by atoms with Crippen molar-refractivity contribution in [1.82, 2.24) is 0 Å². The lowest BCUT2D eigenvalue weighted by Gasteiger charge is -2.11.